The van der Waals surface area contributed by atoms with Gasteiger partial charge in [0.15, 0.2) is 0 Å². The Hall–Kier alpha value is -0.900. The monoisotopic (exact) mass is 266 g/mol. The molecule has 2 atom stereocenters. The van der Waals surface area contributed by atoms with Gasteiger partial charge >= 0.3 is 0 Å². The van der Waals surface area contributed by atoms with Gasteiger partial charge in [-0.05, 0) is 6.92 Å². The Morgan fingerprint density at radius 1 is 0.947 bits per heavy atom. The zero-order valence-electron chi connectivity index (χ0n) is 12.0. The Morgan fingerprint density at radius 2 is 1.42 bits per heavy atom. The van der Waals surface area contributed by atoms with E-state index in [4.69, 9.17) is 14.2 Å². The average Bonchev–Trinajstić information content (AvgIpc) is 2.40. The third-order valence-electron chi connectivity index (χ3n) is 3.29. The summed E-state index contributed by atoms with van der Waals surface area (Å²) in [6.07, 6.45) is 8.28. The Labute approximate surface area is 116 Å². The molecule has 108 valence electrons. The molecular formula is C16H26O3. The zero-order valence-corrected chi connectivity index (χ0v) is 12.0. The minimum absolute atomic E-state index is 0.149. The van der Waals surface area contributed by atoms with Crippen molar-refractivity contribution in [1.29, 1.82) is 0 Å². The lowest BCUT2D eigenvalue weighted by atomic mass is 9.82. The van der Waals surface area contributed by atoms with Gasteiger partial charge in [0.05, 0.1) is 37.6 Å². The minimum atomic E-state index is -0.218. The second-order valence-corrected chi connectivity index (χ2v) is 5.18. The van der Waals surface area contributed by atoms with E-state index in [1.54, 1.807) is 18.2 Å². The van der Waals surface area contributed by atoms with E-state index in [1.165, 1.54) is 0 Å². The number of ether oxygens (including phenoxy) is 3. The standard InChI is InChI=1S/C16H26O3/c1-5-8-17-14-11-15(18-9-6-2)13-16(4,12-14)19-10-7-3/h5-7,14-15H,1-3,8-13H2,4H3. The smallest absolute Gasteiger partial charge is 0.0708 e. The van der Waals surface area contributed by atoms with Crippen LogP contribution in [0.2, 0.25) is 0 Å². The lowest BCUT2D eigenvalue weighted by molar-refractivity contribution is -0.135. The van der Waals surface area contributed by atoms with E-state index in [2.05, 4.69) is 26.7 Å². The highest BCUT2D eigenvalue weighted by atomic mass is 16.5. The van der Waals surface area contributed by atoms with E-state index in [0.717, 1.165) is 19.3 Å². The summed E-state index contributed by atoms with van der Waals surface area (Å²) in [5.41, 5.74) is -0.218. The lowest BCUT2D eigenvalue weighted by Gasteiger charge is -2.41. The van der Waals surface area contributed by atoms with Gasteiger partial charge in [0.1, 0.15) is 0 Å². The molecule has 0 aromatic carbocycles. The van der Waals surface area contributed by atoms with Crippen LogP contribution in [0.5, 0.6) is 0 Å². The van der Waals surface area contributed by atoms with Crippen LogP contribution in [0, 0.1) is 0 Å². The average molecular weight is 266 g/mol. The second-order valence-electron chi connectivity index (χ2n) is 5.18. The molecule has 1 aliphatic rings. The number of hydrogen-bond donors (Lipinski definition) is 0. The highest BCUT2D eigenvalue weighted by Gasteiger charge is 2.38. The molecule has 0 aliphatic heterocycles. The van der Waals surface area contributed by atoms with Gasteiger partial charge in [-0.25, -0.2) is 0 Å². The van der Waals surface area contributed by atoms with E-state index in [0.29, 0.717) is 19.8 Å². The van der Waals surface area contributed by atoms with Gasteiger partial charge in [-0.2, -0.15) is 0 Å². The van der Waals surface area contributed by atoms with Crippen molar-refractivity contribution in [1.82, 2.24) is 0 Å². The maximum Gasteiger partial charge on any atom is 0.0708 e. The van der Waals surface area contributed by atoms with Gasteiger partial charge < -0.3 is 14.2 Å². The van der Waals surface area contributed by atoms with Crippen LogP contribution in [0.4, 0.5) is 0 Å². The summed E-state index contributed by atoms with van der Waals surface area (Å²) < 4.78 is 17.5. The minimum Gasteiger partial charge on any atom is -0.374 e. The molecule has 0 aromatic rings. The van der Waals surface area contributed by atoms with E-state index < -0.39 is 0 Å². The van der Waals surface area contributed by atoms with E-state index in [1.807, 2.05) is 0 Å². The molecule has 3 nitrogen and oxygen atoms in total. The van der Waals surface area contributed by atoms with Crippen molar-refractivity contribution in [2.45, 2.75) is 44.0 Å². The Kier molecular flexibility index (Phi) is 7.06. The number of hydrogen-bond acceptors (Lipinski definition) is 3. The maximum atomic E-state index is 5.91. The molecular weight excluding hydrogens is 240 g/mol. The first kappa shape index (κ1) is 16.2. The van der Waals surface area contributed by atoms with E-state index in [-0.39, 0.29) is 17.8 Å². The highest BCUT2D eigenvalue weighted by molar-refractivity contribution is 4.91. The Morgan fingerprint density at radius 3 is 1.84 bits per heavy atom. The summed E-state index contributed by atoms with van der Waals surface area (Å²) >= 11 is 0. The molecule has 0 bridgehead atoms. The van der Waals surface area contributed by atoms with Crippen LogP contribution in [0.3, 0.4) is 0 Å². The fourth-order valence-corrected chi connectivity index (χ4v) is 2.55. The summed E-state index contributed by atoms with van der Waals surface area (Å²) in [4.78, 5) is 0. The molecule has 19 heavy (non-hydrogen) atoms. The molecule has 2 unspecified atom stereocenters. The molecule has 1 saturated carbocycles. The van der Waals surface area contributed by atoms with Crippen LogP contribution in [-0.4, -0.2) is 37.6 Å². The normalized spacial score (nSPS) is 30.8. The summed E-state index contributed by atoms with van der Waals surface area (Å²) in [6.45, 7) is 14.9. The molecule has 0 radical (unpaired) electrons. The van der Waals surface area contributed by atoms with Crippen LogP contribution in [-0.2, 0) is 14.2 Å². The SMILES string of the molecule is C=CCOC1CC(OCC=C)CC(C)(OCC=C)C1. The van der Waals surface area contributed by atoms with Gasteiger partial charge in [-0.3, -0.25) is 0 Å². The topological polar surface area (TPSA) is 27.7 Å². The third-order valence-corrected chi connectivity index (χ3v) is 3.29. The van der Waals surface area contributed by atoms with Crippen molar-refractivity contribution in [3.8, 4) is 0 Å². The first-order valence-electron chi connectivity index (χ1n) is 6.83. The molecule has 3 heteroatoms. The van der Waals surface area contributed by atoms with Crippen LogP contribution < -0.4 is 0 Å². The Balaban J connectivity index is 2.61. The highest BCUT2D eigenvalue weighted by Crippen LogP contribution is 2.34. The fourth-order valence-electron chi connectivity index (χ4n) is 2.55. The summed E-state index contributed by atoms with van der Waals surface area (Å²) in [5.74, 6) is 0. The third kappa shape index (κ3) is 5.72. The second kappa shape index (κ2) is 8.31. The van der Waals surface area contributed by atoms with Crippen LogP contribution in [0.15, 0.2) is 38.0 Å². The van der Waals surface area contributed by atoms with Crippen molar-refractivity contribution in [3.63, 3.8) is 0 Å². The number of rotatable bonds is 9. The quantitative estimate of drug-likeness (QED) is 0.599. The van der Waals surface area contributed by atoms with E-state index >= 15 is 0 Å². The fraction of sp³-hybridized carbons (Fsp3) is 0.625. The molecule has 1 fully saturated rings. The molecule has 1 rings (SSSR count). The molecule has 0 amide bonds. The molecule has 0 saturated heterocycles. The first-order chi connectivity index (χ1) is 9.13. The van der Waals surface area contributed by atoms with Crippen molar-refractivity contribution in [2.24, 2.45) is 0 Å². The van der Waals surface area contributed by atoms with Crippen molar-refractivity contribution < 1.29 is 14.2 Å². The Bertz CT molecular complexity index is 278. The zero-order chi connectivity index (χ0) is 14.1. The first-order valence-corrected chi connectivity index (χ1v) is 6.83. The maximum absolute atomic E-state index is 5.91. The van der Waals surface area contributed by atoms with Crippen molar-refractivity contribution in [3.05, 3.63) is 38.0 Å². The molecule has 0 N–H and O–H groups in total. The molecule has 0 heterocycles. The van der Waals surface area contributed by atoms with Gasteiger partial charge in [-0.15, -0.1) is 19.7 Å². The van der Waals surface area contributed by atoms with Gasteiger partial charge in [0.2, 0.25) is 0 Å². The molecule has 1 aliphatic carbocycles. The largest absolute Gasteiger partial charge is 0.374 e. The lowest BCUT2D eigenvalue weighted by Crippen LogP contribution is -2.45. The molecule has 0 spiro atoms. The van der Waals surface area contributed by atoms with Crippen LogP contribution in [0.1, 0.15) is 26.2 Å². The predicted octanol–water partition coefficient (Wildman–Crippen LogP) is 3.27. The van der Waals surface area contributed by atoms with Crippen molar-refractivity contribution in [2.75, 3.05) is 19.8 Å². The van der Waals surface area contributed by atoms with Gasteiger partial charge in [0.25, 0.3) is 0 Å². The van der Waals surface area contributed by atoms with Gasteiger partial charge in [0, 0.05) is 19.3 Å². The van der Waals surface area contributed by atoms with E-state index in [9.17, 15) is 0 Å². The molecule has 0 aromatic heterocycles. The summed E-state index contributed by atoms with van der Waals surface area (Å²) in [6, 6.07) is 0. The summed E-state index contributed by atoms with van der Waals surface area (Å²) in [5, 5.41) is 0. The summed E-state index contributed by atoms with van der Waals surface area (Å²) in [7, 11) is 0. The van der Waals surface area contributed by atoms with Crippen LogP contribution >= 0.6 is 0 Å². The predicted molar refractivity (Wildman–Crippen MR) is 78.3 cm³/mol. The van der Waals surface area contributed by atoms with Gasteiger partial charge in [-0.1, -0.05) is 18.2 Å². The van der Waals surface area contributed by atoms with Crippen LogP contribution in [0.25, 0.3) is 0 Å². The van der Waals surface area contributed by atoms with Crippen molar-refractivity contribution >= 4 is 0 Å².